The smallest absolute Gasteiger partial charge is 0.228 e. The Balaban J connectivity index is 1.55. The van der Waals surface area contributed by atoms with Crippen molar-refractivity contribution in [2.75, 3.05) is 33.4 Å². The van der Waals surface area contributed by atoms with Crippen molar-refractivity contribution in [2.24, 2.45) is 11.3 Å². The second-order valence-electron chi connectivity index (χ2n) is 7.42. The molecule has 0 aromatic carbocycles. The Kier molecular flexibility index (Phi) is 4.12. The Hall–Kier alpha value is -1.40. The maximum atomic E-state index is 13.3. The van der Waals surface area contributed by atoms with Gasteiger partial charge in [-0.1, -0.05) is 6.07 Å². The van der Waals surface area contributed by atoms with Gasteiger partial charge >= 0.3 is 0 Å². The molecule has 1 aromatic heterocycles. The van der Waals surface area contributed by atoms with Gasteiger partial charge in [0.05, 0.1) is 18.6 Å². The SMILES string of the molecule is CN1C(=O)CC[C@H](C(=O)N2CC[C@@]3(CCOC3)C2)[C@@H]1c1cccs1. The maximum absolute atomic E-state index is 13.3. The van der Waals surface area contributed by atoms with Crippen molar-refractivity contribution in [1.29, 1.82) is 0 Å². The number of piperidine rings is 1. The van der Waals surface area contributed by atoms with Crippen molar-refractivity contribution in [3.05, 3.63) is 22.4 Å². The van der Waals surface area contributed by atoms with Crippen molar-refractivity contribution in [2.45, 2.75) is 31.7 Å². The predicted octanol–water partition coefficient (Wildman–Crippen LogP) is 2.30. The summed E-state index contributed by atoms with van der Waals surface area (Å²) in [4.78, 5) is 30.4. The number of carbonyl (C=O) groups excluding carboxylic acids is 2. The van der Waals surface area contributed by atoms with Gasteiger partial charge in [-0.15, -0.1) is 11.3 Å². The first-order chi connectivity index (χ1) is 11.6. The van der Waals surface area contributed by atoms with Gasteiger partial charge in [-0.25, -0.2) is 0 Å². The lowest BCUT2D eigenvalue weighted by Gasteiger charge is -2.39. The molecule has 1 spiro atoms. The second-order valence-corrected chi connectivity index (χ2v) is 8.40. The normalized spacial score (nSPS) is 33.6. The van der Waals surface area contributed by atoms with Crippen LogP contribution in [0.3, 0.4) is 0 Å². The summed E-state index contributed by atoms with van der Waals surface area (Å²) in [6, 6.07) is 3.92. The highest BCUT2D eigenvalue weighted by molar-refractivity contribution is 7.10. The minimum absolute atomic E-state index is 0.116. The van der Waals surface area contributed by atoms with Gasteiger partial charge in [0.2, 0.25) is 11.8 Å². The molecule has 3 aliphatic heterocycles. The summed E-state index contributed by atoms with van der Waals surface area (Å²) >= 11 is 1.63. The molecular weight excluding hydrogens is 324 g/mol. The molecule has 0 bridgehead atoms. The fraction of sp³-hybridized carbons (Fsp3) is 0.667. The quantitative estimate of drug-likeness (QED) is 0.824. The van der Waals surface area contributed by atoms with Crippen molar-refractivity contribution in [3.8, 4) is 0 Å². The minimum Gasteiger partial charge on any atom is -0.381 e. The van der Waals surface area contributed by atoms with Gasteiger partial charge in [0.15, 0.2) is 0 Å². The highest BCUT2D eigenvalue weighted by Gasteiger charge is 2.47. The molecule has 0 N–H and O–H groups in total. The number of hydrogen-bond donors (Lipinski definition) is 0. The second kappa shape index (κ2) is 6.15. The molecule has 0 radical (unpaired) electrons. The first-order valence-electron chi connectivity index (χ1n) is 8.75. The number of amides is 2. The summed E-state index contributed by atoms with van der Waals surface area (Å²) in [5.74, 6) is 0.236. The molecule has 3 fully saturated rings. The zero-order chi connectivity index (χ0) is 16.7. The van der Waals surface area contributed by atoms with Crippen molar-refractivity contribution in [3.63, 3.8) is 0 Å². The van der Waals surface area contributed by atoms with Crippen LogP contribution in [0.15, 0.2) is 17.5 Å². The van der Waals surface area contributed by atoms with Gasteiger partial charge in [0, 0.05) is 43.5 Å². The Bertz CT molecular complexity index is 624. The van der Waals surface area contributed by atoms with Gasteiger partial charge in [0.1, 0.15) is 0 Å². The Morgan fingerprint density at radius 3 is 3.00 bits per heavy atom. The van der Waals surface area contributed by atoms with E-state index in [0.717, 1.165) is 44.0 Å². The van der Waals surface area contributed by atoms with Crippen molar-refractivity contribution < 1.29 is 14.3 Å². The van der Waals surface area contributed by atoms with Gasteiger partial charge in [-0.3, -0.25) is 9.59 Å². The number of likely N-dealkylation sites (tertiary alicyclic amines) is 2. The molecule has 2 amide bonds. The number of rotatable bonds is 2. The topological polar surface area (TPSA) is 49.9 Å². The van der Waals surface area contributed by atoms with Crippen LogP contribution >= 0.6 is 11.3 Å². The van der Waals surface area contributed by atoms with E-state index in [-0.39, 0.29) is 29.2 Å². The number of ether oxygens (including phenoxy) is 1. The summed E-state index contributed by atoms with van der Waals surface area (Å²) in [5.41, 5.74) is 0.185. The fourth-order valence-electron chi connectivity index (χ4n) is 4.47. The summed E-state index contributed by atoms with van der Waals surface area (Å²) in [7, 11) is 1.84. The minimum atomic E-state index is -0.121. The van der Waals surface area contributed by atoms with Crippen LogP contribution in [0.2, 0.25) is 0 Å². The maximum Gasteiger partial charge on any atom is 0.228 e. The summed E-state index contributed by atoms with van der Waals surface area (Å²) < 4.78 is 5.58. The lowest BCUT2D eigenvalue weighted by Crippen LogP contribution is -2.47. The first kappa shape index (κ1) is 16.1. The van der Waals surface area contributed by atoms with E-state index >= 15 is 0 Å². The van der Waals surface area contributed by atoms with Crippen LogP contribution in [0, 0.1) is 11.3 Å². The van der Waals surface area contributed by atoms with E-state index in [1.807, 2.05) is 29.5 Å². The molecule has 0 unspecified atom stereocenters. The van der Waals surface area contributed by atoms with E-state index in [1.165, 1.54) is 0 Å². The van der Waals surface area contributed by atoms with Gasteiger partial charge < -0.3 is 14.5 Å². The van der Waals surface area contributed by atoms with E-state index in [9.17, 15) is 9.59 Å². The zero-order valence-electron chi connectivity index (χ0n) is 14.1. The third-order valence-electron chi connectivity index (χ3n) is 5.95. The van der Waals surface area contributed by atoms with Crippen LogP contribution in [0.25, 0.3) is 0 Å². The highest BCUT2D eigenvalue weighted by Crippen LogP contribution is 2.42. The third kappa shape index (κ3) is 2.65. The van der Waals surface area contributed by atoms with E-state index in [4.69, 9.17) is 4.74 Å². The highest BCUT2D eigenvalue weighted by atomic mass is 32.1. The van der Waals surface area contributed by atoms with Crippen LogP contribution in [-0.4, -0.2) is 55.0 Å². The average Bonchev–Trinajstić information content (AvgIpc) is 3.33. The van der Waals surface area contributed by atoms with Crippen LogP contribution in [-0.2, 0) is 14.3 Å². The van der Waals surface area contributed by atoms with Crippen molar-refractivity contribution in [1.82, 2.24) is 9.80 Å². The monoisotopic (exact) mass is 348 g/mol. The van der Waals surface area contributed by atoms with Crippen LogP contribution < -0.4 is 0 Å². The summed E-state index contributed by atoms with van der Waals surface area (Å²) in [5, 5.41) is 2.02. The molecule has 130 valence electrons. The molecule has 3 aliphatic rings. The Labute approximate surface area is 146 Å². The number of nitrogens with zero attached hydrogens (tertiary/aromatic N) is 2. The third-order valence-corrected chi connectivity index (χ3v) is 6.89. The van der Waals surface area contributed by atoms with E-state index in [0.29, 0.717) is 12.8 Å². The first-order valence-corrected chi connectivity index (χ1v) is 9.63. The lowest BCUT2D eigenvalue weighted by molar-refractivity contribution is -0.146. The molecule has 24 heavy (non-hydrogen) atoms. The standard InChI is InChI=1S/C18H24N2O3S/c1-19-15(21)5-4-13(16(19)14-3-2-10-24-14)17(22)20-8-6-18(11-20)7-9-23-12-18/h2-3,10,13,16H,4-9,11-12H2,1H3/t13-,16+,18+/m0/s1. The van der Waals surface area contributed by atoms with Crippen molar-refractivity contribution >= 4 is 23.2 Å². The fourth-order valence-corrected chi connectivity index (χ4v) is 5.41. The molecule has 4 heterocycles. The number of hydrogen-bond acceptors (Lipinski definition) is 4. The number of thiophene rings is 1. The predicted molar refractivity (Wildman–Crippen MR) is 91.6 cm³/mol. The van der Waals surface area contributed by atoms with E-state index in [1.54, 1.807) is 16.2 Å². The largest absolute Gasteiger partial charge is 0.381 e. The van der Waals surface area contributed by atoms with E-state index < -0.39 is 0 Å². The van der Waals surface area contributed by atoms with Gasteiger partial charge in [-0.2, -0.15) is 0 Å². The van der Waals surface area contributed by atoms with Crippen LogP contribution in [0.4, 0.5) is 0 Å². The molecule has 4 rings (SSSR count). The molecule has 1 aromatic rings. The molecule has 3 atom stereocenters. The molecule has 3 saturated heterocycles. The Morgan fingerprint density at radius 1 is 1.42 bits per heavy atom. The van der Waals surface area contributed by atoms with Gasteiger partial charge in [0.25, 0.3) is 0 Å². The van der Waals surface area contributed by atoms with Crippen LogP contribution in [0.1, 0.15) is 36.6 Å². The average molecular weight is 348 g/mol. The molecular formula is C18H24N2O3S. The molecule has 5 nitrogen and oxygen atoms in total. The molecule has 0 aliphatic carbocycles. The van der Waals surface area contributed by atoms with Gasteiger partial charge in [-0.05, 0) is 30.7 Å². The summed E-state index contributed by atoms with van der Waals surface area (Å²) in [6.07, 6.45) is 3.24. The molecule has 6 heteroatoms. The molecule has 0 saturated carbocycles. The zero-order valence-corrected chi connectivity index (χ0v) is 14.9. The number of carbonyl (C=O) groups is 2. The Morgan fingerprint density at radius 2 is 2.29 bits per heavy atom. The van der Waals surface area contributed by atoms with E-state index in [2.05, 4.69) is 0 Å². The summed E-state index contributed by atoms with van der Waals surface area (Å²) in [6.45, 7) is 3.25. The lowest BCUT2D eigenvalue weighted by atomic mass is 9.85. The van der Waals surface area contributed by atoms with Crippen LogP contribution in [0.5, 0.6) is 0 Å².